The number of halogens is 2. The fourth-order valence-electron chi connectivity index (χ4n) is 3.32. The van der Waals surface area contributed by atoms with E-state index >= 15 is 0 Å². The Hall–Kier alpha value is -2.88. The topological polar surface area (TPSA) is 91.5 Å². The highest BCUT2D eigenvalue weighted by atomic mass is 35.5. The van der Waals surface area contributed by atoms with Crippen molar-refractivity contribution in [3.8, 4) is 0 Å². The van der Waals surface area contributed by atoms with Gasteiger partial charge in [0.1, 0.15) is 21.3 Å². The highest BCUT2D eigenvalue weighted by Gasteiger charge is 2.41. The molecule has 0 aliphatic carbocycles. The van der Waals surface area contributed by atoms with Gasteiger partial charge < -0.3 is 0 Å². The fraction of sp³-hybridized carbons (Fsp3) is 0.0952. The van der Waals surface area contributed by atoms with Gasteiger partial charge in [-0.25, -0.2) is 12.8 Å². The molecule has 31 heavy (non-hydrogen) atoms. The Morgan fingerprint density at radius 3 is 2.48 bits per heavy atom. The second-order valence-electron chi connectivity index (χ2n) is 6.85. The first-order valence-electron chi connectivity index (χ1n) is 8.95. The molecule has 1 N–H and O–H groups in total. The molecule has 0 bridgehead atoms. The van der Waals surface area contributed by atoms with Crippen molar-refractivity contribution in [2.45, 2.75) is 10.6 Å². The first-order chi connectivity index (χ1) is 14.7. The average Bonchev–Trinajstić information content (AvgIpc) is 3.25. The molecule has 0 radical (unpaired) electrons. The Labute approximate surface area is 185 Å². The summed E-state index contributed by atoms with van der Waals surface area (Å²) in [6, 6.07) is 12.9. The van der Waals surface area contributed by atoms with Crippen LogP contribution in [-0.4, -0.2) is 41.4 Å². The van der Waals surface area contributed by atoms with E-state index < -0.39 is 33.0 Å². The Bertz CT molecular complexity index is 1380. The zero-order chi connectivity index (χ0) is 22.3. The van der Waals surface area contributed by atoms with Gasteiger partial charge in [-0.1, -0.05) is 29.8 Å². The smallest absolute Gasteiger partial charge is 0.298 e. The molecule has 1 aliphatic rings. The van der Waals surface area contributed by atoms with Gasteiger partial charge in [-0.05, 0) is 35.9 Å². The van der Waals surface area contributed by atoms with Gasteiger partial charge in [-0.3, -0.25) is 14.8 Å². The third-order valence-corrected chi connectivity index (χ3v) is 8.19. The molecule has 0 amide bonds. The minimum absolute atomic E-state index is 0.00822. The summed E-state index contributed by atoms with van der Waals surface area (Å²) in [6.07, 6.45) is -0.304. The predicted molar refractivity (Wildman–Crippen MR) is 113 cm³/mol. The molecule has 3 aromatic rings. The second kappa shape index (κ2) is 7.99. The number of hydrogen-bond acceptors (Lipinski definition) is 6. The van der Waals surface area contributed by atoms with E-state index in [0.717, 1.165) is 17.4 Å². The molecule has 0 fully saturated rings. The molecule has 1 aliphatic heterocycles. The molecule has 1 aromatic heterocycles. The number of fused-ring (bicyclic) bond motifs is 1. The van der Waals surface area contributed by atoms with Crippen LogP contribution in [0.15, 0.2) is 58.8 Å². The molecule has 0 atom stereocenters. The van der Waals surface area contributed by atoms with Crippen LogP contribution in [-0.2, 0) is 21.1 Å². The fourth-order valence-corrected chi connectivity index (χ4v) is 6.13. The summed E-state index contributed by atoms with van der Waals surface area (Å²) in [4.78, 5) is 24.9. The number of carbonyl (C=O) groups is 2. The number of Topliss-reactive ketones (excluding diaryl/α,β-unsaturated/α-hetero) is 2. The minimum atomic E-state index is -3.83. The van der Waals surface area contributed by atoms with Gasteiger partial charge in [0.25, 0.3) is 11.5 Å². The van der Waals surface area contributed by atoms with Crippen molar-refractivity contribution in [2.24, 2.45) is 0 Å². The lowest BCUT2D eigenvalue weighted by Crippen LogP contribution is -2.20. The van der Waals surface area contributed by atoms with E-state index in [2.05, 4.69) is 0 Å². The van der Waals surface area contributed by atoms with Crippen LogP contribution in [0.3, 0.4) is 0 Å². The van der Waals surface area contributed by atoms with Crippen LogP contribution in [0.4, 0.5) is 10.1 Å². The summed E-state index contributed by atoms with van der Waals surface area (Å²) >= 11 is 6.61. The number of ketones is 2. The van der Waals surface area contributed by atoms with Crippen LogP contribution in [0.5, 0.6) is 0 Å². The van der Waals surface area contributed by atoms with Gasteiger partial charge >= 0.3 is 5.71 Å². The standard InChI is InChI=1S/C21H14ClFNO5S2/c22-18-7-8-19(30-18)31(28,29)11-13(25)9-12-5-6-14(16(23)10-12)20-21(26)15-3-1-2-4-17(15)24(20)27/h1-8,10,27H,9,11H2/q+1. The zero-order valence-corrected chi connectivity index (χ0v) is 18.1. The van der Waals surface area contributed by atoms with E-state index in [-0.39, 0.29) is 38.7 Å². The maximum Gasteiger partial charge on any atom is 0.315 e. The van der Waals surface area contributed by atoms with Crippen molar-refractivity contribution in [1.29, 1.82) is 0 Å². The van der Waals surface area contributed by atoms with Crippen LogP contribution in [0, 0.1) is 5.82 Å². The molecule has 2 heterocycles. The Kier molecular flexibility index (Phi) is 5.50. The van der Waals surface area contributed by atoms with Crippen molar-refractivity contribution in [1.82, 2.24) is 0 Å². The summed E-state index contributed by atoms with van der Waals surface area (Å²) in [5.74, 6) is -2.68. The van der Waals surface area contributed by atoms with Crippen molar-refractivity contribution >= 4 is 55.7 Å². The van der Waals surface area contributed by atoms with Crippen molar-refractivity contribution in [3.63, 3.8) is 0 Å². The lowest BCUT2D eigenvalue weighted by atomic mass is 10.00. The summed E-state index contributed by atoms with van der Waals surface area (Å²) in [6.45, 7) is 0. The first kappa shape index (κ1) is 21.4. The Morgan fingerprint density at radius 1 is 1.10 bits per heavy atom. The second-order valence-corrected chi connectivity index (χ2v) is 10.8. The molecule has 0 saturated heterocycles. The van der Waals surface area contributed by atoms with E-state index in [1.165, 1.54) is 36.4 Å². The van der Waals surface area contributed by atoms with Gasteiger partial charge in [0, 0.05) is 17.2 Å². The number of benzene rings is 2. The van der Waals surface area contributed by atoms with Gasteiger partial charge in [0.15, 0.2) is 15.6 Å². The Morgan fingerprint density at radius 2 is 1.84 bits per heavy atom. The Balaban J connectivity index is 1.54. The van der Waals surface area contributed by atoms with Crippen molar-refractivity contribution in [2.75, 3.05) is 5.75 Å². The number of hydrogen-bond donors (Lipinski definition) is 1. The summed E-state index contributed by atoms with van der Waals surface area (Å²) in [7, 11) is -3.83. The zero-order valence-electron chi connectivity index (χ0n) is 15.7. The van der Waals surface area contributed by atoms with Crippen molar-refractivity contribution < 1.29 is 32.3 Å². The lowest BCUT2D eigenvalue weighted by molar-refractivity contribution is -0.710. The van der Waals surface area contributed by atoms with Gasteiger partial charge in [0.05, 0.1) is 9.90 Å². The molecule has 0 saturated carbocycles. The monoisotopic (exact) mass is 478 g/mol. The number of para-hydroxylation sites is 1. The van der Waals surface area contributed by atoms with Crippen LogP contribution in [0.25, 0.3) is 0 Å². The van der Waals surface area contributed by atoms with E-state index in [9.17, 15) is 27.6 Å². The average molecular weight is 479 g/mol. The first-order valence-corrected chi connectivity index (χ1v) is 11.8. The minimum Gasteiger partial charge on any atom is -0.298 e. The molecule has 158 valence electrons. The highest BCUT2D eigenvalue weighted by Crippen LogP contribution is 2.29. The molecule has 0 unspecified atom stereocenters. The van der Waals surface area contributed by atoms with E-state index in [1.54, 1.807) is 12.1 Å². The number of nitrogens with zero attached hydrogens (tertiary/aromatic N) is 1. The predicted octanol–water partition coefficient (Wildman–Crippen LogP) is 3.84. The summed E-state index contributed by atoms with van der Waals surface area (Å²) < 4.78 is 40.3. The van der Waals surface area contributed by atoms with Crippen LogP contribution in [0.1, 0.15) is 21.5 Å². The molecule has 4 rings (SSSR count). The number of carbonyl (C=O) groups excluding carboxylic acids is 2. The third kappa shape index (κ3) is 4.04. The summed E-state index contributed by atoms with van der Waals surface area (Å²) in [5, 5.41) is 10.3. The highest BCUT2D eigenvalue weighted by molar-refractivity contribution is 7.94. The number of thiophene rings is 1. The van der Waals surface area contributed by atoms with E-state index in [4.69, 9.17) is 11.6 Å². The SMILES string of the molecule is O=C(Cc1ccc(C2=[N+](O)c3ccccc3C2=O)c(F)c1)CS(=O)(=O)c1ccc(Cl)s1. The quantitative estimate of drug-likeness (QED) is 0.429. The summed E-state index contributed by atoms with van der Waals surface area (Å²) in [5.41, 5.74) is 0.394. The van der Waals surface area contributed by atoms with Gasteiger partial charge in [-0.15, -0.1) is 11.3 Å². The van der Waals surface area contributed by atoms with E-state index in [1.807, 2.05) is 0 Å². The molecule has 2 aromatic carbocycles. The van der Waals surface area contributed by atoms with Gasteiger partial charge in [0.2, 0.25) is 0 Å². The maximum absolute atomic E-state index is 14.8. The maximum atomic E-state index is 14.8. The molecule has 6 nitrogen and oxygen atoms in total. The largest absolute Gasteiger partial charge is 0.315 e. The lowest BCUT2D eigenvalue weighted by Gasteiger charge is -2.04. The van der Waals surface area contributed by atoms with Gasteiger partial charge in [-0.2, -0.15) is 0 Å². The molecular formula is C21H14ClFNO5S2+. The van der Waals surface area contributed by atoms with Crippen molar-refractivity contribution in [3.05, 3.63) is 81.4 Å². The van der Waals surface area contributed by atoms with Crippen LogP contribution in [0.2, 0.25) is 4.34 Å². The molecular weight excluding hydrogens is 465 g/mol. The number of rotatable bonds is 6. The molecule has 0 spiro atoms. The molecule has 10 heteroatoms. The van der Waals surface area contributed by atoms with Crippen LogP contribution >= 0.6 is 22.9 Å². The normalized spacial score (nSPS) is 13.5. The van der Waals surface area contributed by atoms with E-state index in [0.29, 0.717) is 9.08 Å². The third-order valence-electron chi connectivity index (χ3n) is 4.70. The number of sulfone groups is 1. The van der Waals surface area contributed by atoms with Crippen LogP contribution < -0.4 is 0 Å².